The Morgan fingerprint density at radius 3 is 2.76 bits per heavy atom. The summed E-state index contributed by atoms with van der Waals surface area (Å²) in [6.45, 7) is 0.324. The van der Waals surface area contributed by atoms with Crippen LogP contribution in [0.5, 0.6) is 11.5 Å². The number of aliphatic carboxylic acids is 1. The standard InChI is InChI=1S/C18H16Cl2O5/c1-23-9-18(17(21)22)10-25-16-7-13(4-5-14(16)18)24-8-11-2-3-12(19)6-15(11)20/h2-7H,8-10H2,1H3,(H,21,22). The molecule has 7 heteroatoms. The van der Waals surface area contributed by atoms with Gasteiger partial charge in [0.15, 0.2) is 5.41 Å². The van der Waals surface area contributed by atoms with Crippen molar-refractivity contribution in [2.75, 3.05) is 20.3 Å². The van der Waals surface area contributed by atoms with Crippen LogP contribution in [0.25, 0.3) is 0 Å². The van der Waals surface area contributed by atoms with Gasteiger partial charge in [-0.05, 0) is 18.2 Å². The summed E-state index contributed by atoms with van der Waals surface area (Å²) in [6, 6.07) is 10.3. The van der Waals surface area contributed by atoms with Crippen molar-refractivity contribution in [2.24, 2.45) is 0 Å². The molecule has 1 unspecified atom stereocenters. The van der Waals surface area contributed by atoms with Gasteiger partial charge < -0.3 is 19.3 Å². The zero-order chi connectivity index (χ0) is 18.0. The number of fused-ring (bicyclic) bond motifs is 1. The summed E-state index contributed by atoms with van der Waals surface area (Å²) in [5.41, 5.74) is 0.188. The summed E-state index contributed by atoms with van der Waals surface area (Å²) in [7, 11) is 1.47. The zero-order valence-corrected chi connectivity index (χ0v) is 14.9. The third-order valence-electron chi connectivity index (χ3n) is 4.15. The molecule has 2 aromatic rings. The largest absolute Gasteiger partial charge is 0.491 e. The van der Waals surface area contributed by atoms with Gasteiger partial charge in [0, 0.05) is 34.3 Å². The number of halogens is 2. The summed E-state index contributed by atoms with van der Waals surface area (Å²) in [6.07, 6.45) is 0. The monoisotopic (exact) mass is 382 g/mol. The Morgan fingerprint density at radius 2 is 2.08 bits per heavy atom. The molecule has 1 heterocycles. The zero-order valence-electron chi connectivity index (χ0n) is 13.4. The maximum Gasteiger partial charge on any atom is 0.320 e. The summed E-state index contributed by atoms with van der Waals surface area (Å²) < 4.78 is 16.4. The van der Waals surface area contributed by atoms with Crippen molar-refractivity contribution in [2.45, 2.75) is 12.0 Å². The first-order valence-corrected chi connectivity index (χ1v) is 8.28. The number of rotatable bonds is 6. The van der Waals surface area contributed by atoms with Crippen molar-refractivity contribution in [1.82, 2.24) is 0 Å². The normalized spacial score (nSPS) is 18.5. The van der Waals surface area contributed by atoms with Gasteiger partial charge in [0.2, 0.25) is 0 Å². The molecule has 0 fully saturated rings. The van der Waals surface area contributed by atoms with Crippen LogP contribution in [0.4, 0.5) is 0 Å². The van der Waals surface area contributed by atoms with Crippen molar-refractivity contribution < 1.29 is 24.1 Å². The second-order valence-corrected chi connectivity index (χ2v) is 6.63. The van der Waals surface area contributed by atoms with E-state index in [1.54, 1.807) is 36.4 Å². The minimum absolute atomic E-state index is 0.0258. The van der Waals surface area contributed by atoms with Crippen LogP contribution in [0.2, 0.25) is 10.0 Å². The van der Waals surface area contributed by atoms with Gasteiger partial charge in [0.25, 0.3) is 0 Å². The lowest BCUT2D eigenvalue weighted by Crippen LogP contribution is -2.41. The van der Waals surface area contributed by atoms with Gasteiger partial charge in [-0.3, -0.25) is 4.79 Å². The van der Waals surface area contributed by atoms with E-state index >= 15 is 0 Å². The second-order valence-electron chi connectivity index (χ2n) is 5.79. The first-order valence-electron chi connectivity index (χ1n) is 7.52. The van der Waals surface area contributed by atoms with Gasteiger partial charge in [-0.1, -0.05) is 35.3 Å². The molecule has 1 aliphatic rings. The van der Waals surface area contributed by atoms with E-state index in [1.807, 2.05) is 0 Å². The molecule has 0 radical (unpaired) electrons. The number of ether oxygens (including phenoxy) is 3. The van der Waals surface area contributed by atoms with Crippen LogP contribution >= 0.6 is 23.2 Å². The summed E-state index contributed by atoms with van der Waals surface area (Å²) >= 11 is 12.0. The van der Waals surface area contributed by atoms with E-state index in [2.05, 4.69) is 0 Å². The van der Waals surface area contributed by atoms with Crippen LogP contribution < -0.4 is 9.47 Å². The molecule has 0 saturated heterocycles. The van der Waals surface area contributed by atoms with E-state index in [1.165, 1.54) is 7.11 Å². The number of hydrogen-bond donors (Lipinski definition) is 1. The number of carbonyl (C=O) groups is 1. The molecule has 0 bridgehead atoms. The highest BCUT2D eigenvalue weighted by atomic mass is 35.5. The molecule has 3 rings (SSSR count). The molecule has 1 aliphatic heterocycles. The molecule has 0 amide bonds. The molecule has 2 aromatic carbocycles. The predicted octanol–water partition coefficient (Wildman–Crippen LogP) is 3.93. The Hall–Kier alpha value is -1.95. The first-order chi connectivity index (χ1) is 12.0. The number of carboxylic acid groups (broad SMARTS) is 1. The number of carboxylic acids is 1. The highest BCUT2D eigenvalue weighted by Gasteiger charge is 2.48. The minimum Gasteiger partial charge on any atom is -0.491 e. The summed E-state index contributed by atoms with van der Waals surface area (Å²) in [4.78, 5) is 11.7. The quantitative estimate of drug-likeness (QED) is 0.819. The molecule has 0 aromatic heterocycles. The van der Waals surface area contributed by atoms with E-state index in [0.717, 1.165) is 5.56 Å². The van der Waals surface area contributed by atoms with Gasteiger partial charge in [0.05, 0.1) is 6.61 Å². The van der Waals surface area contributed by atoms with Crippen molar-refractivity contribution >= 4 is 29.2 Å². The van der Waals surface area contributed by atoms with E-state index in [-0.39, 0.29) is 19.8 Å². The first kappa shape index (κ1) is 17.9. The molecule has 0 saturated carbocycles. The maximum atomic E-state index is 11.7. The van der Waals surface area contributed by atoms with Gasteiger partial charge >= 0.3 is 5.97 Å². The average Bonchev–Trinajstić information content (AvgIpc) is 2.94. The number of hydrogen-bond acceptors (Lipinski definition) is 4. The lowest BCUT2D eigenvalue weighted by Gasteiger charge is -2.21. The van der Waals surface area contributed by atoms with Crippen LogP contribution in [-0.4, -0.2) is 31.4 Å². The van der Waals surface area contributed by atoms with Crippen LogP contribution in [0.3, 0.4) is 0 Å². The lowest BCUT2D eigenvalue weighted by atomic mass is 9.83. The minimum atomic E-state index is -1.19. The summed E-state index contributed by atoms with van der Waals surface area (Å²) in [5.74, 6) is 0.0669. The average molecular weight is 383 g/mol. The number of benzene rings is 2. The summed E-state index contributed by atoms with van der Waals surface area (Å²) in [5, 5.41) is 10.7. The topological polar surface area (TPSA) is 65.0 Å². The fourth-order valence-corrected chi connectivity index (χ4v) is 3.25. The third-order valence-corrected chi connectivity index (χ3v) is 4.74. The van der Waals surface area contributed by atoms with Crippen molar-refractivity contribution in [3.05, 3.63) is 57.6 Å². The van der Waals surface area contributed by atoms with Crippen molar-refractivity contribution in [3.63, 3.8) is 0 Å². The fraction of sp³-hybridized carbons (Fsp3) is 0.278. The second kappa shape index (κ2) is 7.12. The Bertz CT molecular complexity index is 808. The SMILES string of the molecule is COCC1(C(=O)O)COc2cc(OCc3ccc(Cl)cc3Cl)ccc21. The van der Waals surface area contributed by atoms with E-state index in [9.17, 15) is 9.90 Å². The molecule has 5 nitrogen and oxygen atoms in total. The predicted molar refractivity (Wildman–Crippen MR) is 93.9 cm³/mol. The molecular formula is C18H16Cl2O5. The van der Waals surface area contributed by atoms with E-state index in [0.29, 0.717) is 27.1 Å². The molecule has 1 N–H and O–H groups in total. The molecule has 1 atom stereocenters. The molecule has 0 aliphatic carbocycles. The molecule has 0 spiro atoms. The Kier molecular flexibility index (Phi) is 5.08. The highest BCUT2D eigenvalue weighted by Crippen LogP contribution is 2.41. The van der Waals surface area contributed by atoms with Gasteiger partial charge in [-0.2, -0.15) is 0 Å². The van der Waals surface area contributed by atoms with E-state index in [4.69, 9.17) is 37.4 Å². The maximum absolute atomic E-state index is 11.7. The van der Waals surface area contributed by atoms with Gasteiger partial charge in [0.1, 0.15) is 24.7 Å². The molecular weight excluding hydrogens is 367 g/mol. The molecule has 25 heavy (non-hydrogen) atoms. The van der Waals surface area contributed by atoms with Gasteiger partial charge in [-0.25, -0.2) is 0 Å². The highest BCUT2D eigenvalue weighted by molar-refractivity contribution is 6.35. The smallest absolute Gasteiger partial charge is 0.320 e. The van der Waals surface area contributed by atoms with Crippen LogP contribution in [0.1, 0.15) is 11.1 Å². The van der Waals surface area contributed by atoms with Crippen LogP contribution in [-0.2, 0) is 21.6 Å². The molecule has 132 valence electrons. The number of methoxy groups -OCH3 is 1. The van der Waals surface area contributed by atoms with Crippen molar-refractivity contribution in [3.8, 4) is 11.5 Å². The third kappa shape index (κ3) is 3.40. The Labute approximate surface area is 155 Å². The van der Waals surface area contributed by atoms with Gasteiger partial charge in [-0.15, -0.1) is 0 Å². The Balaban J connectivity index is 1.79. The Morgan fingerprint density at radius 1 is 1.28 bits per heavy atom. The van der Waals surface area contributed by atoms with Crippen LogP contribution in [0.15, 0.2) is 36.4 Å². The van der Waals surface area contributed by atoms with E-state index < -0.39 is 11.4 Å². The fourth-order valence-electron chi connectivity index (χ4n) is 2.79. The van der Waals surface area contributed by atoms with Crippen molar-refractivity contribution in [1.29, 1.82) is 0 Å². The van der Waals surface area contributed by atoms with Crippen LogP contribution in [0, 0.1) is 0 Å². The lowest BCUT2D eigenvalue weighted by molar-refractivity contribution is -0.146.